The van der Waals surface area contributed by atoms with Gasteiger partial charge >= 0.3 is 11.9 Å². The molecule has 0 saturated heterocycles. The van der Waals surface area contributed by atoms with Gasteiger partial charge in [-0.1, -0.05) is 131 Å². The fraction of sp³-hybridized carbons (Fsp3) is 0.938. The van der Waals surface area contributed by atoms with Gasteiger partial charge in [0.1, 0.15) is 0 Å². The number of rotatable bonds is 26. The zero-order valence-electron chi connectivity index (χ0n) is 24.8. The molecule has 0 fully saturated rings. The lowest BCUT2D eigenvalue weighted by Crippen LogP contribution is -2.34. The van der Waals surface area contributed by atoms with Gasteiger partial charge in [-0.15, -0.1) is 0 Å². The van der Waals surface area contributed by atoms with Crippen LogP contribution in [0, 0.1) is 23.2 Å². The van der Waals surface area contributed by atoms with Gasteiger partial charge in [0.05, 0.1) is 0 Å². The summed E-state index contributed by atoms with van der Waals surface area (Å²) in [5, 5.41) is 18.6. The Labute approximate surface area is 224 Å². The summed E-state index contributed by atoms with van der Waals surface area (Å²) >= 11 is 0. The highest BCUT2D eigenvalue weighted by Gasteiger charge is 2.38. The molecule has 4 nitrogen and oxygen atoms in total. The monoisotopic (exact) mass is 510 g/mol. The van der Waals surface area contributed by atoms with Crippen LogP contribution in [0.1, 0.15) is 169 Å². The van der Waals surface area contributed by atoms with Crippen LogP contribution in [-0.2, 0) is 9.59 Å². The summed E-state index contributed by atoms with van der Waals surface area (Å²) in [5.74, 6) is 0.351. The van der Waals surface area contributed by atoms with Crippen molar-refractivity contribution >= 4 is 11.9 Å². The van der Waals surface area contributed by atoms with Crippen LogP contribution in [0.5, 0.6) is 0 Å². The molecule has 2 N–H and O–H groups in total. The number of carbonyl (C=O) groups is 2. The van der Waals surface area contributed by atoms with E-state index < -0.39 is 11.9 Å². The Morgan fingerprint density at radius 2 is 1.06 bits per heavy atom. The van der Waals surface area contributed by atoms with Gasteiger partial charge in [-0.2, -0.15) is 0 Å². The predicted octanol–water partition coefficient (Wildman–Crippen LogP) is 10.3. The molecule has 0 aliphatic rings. The van der Waals surface area contributed by atoms with Crippen LogP contribution < -0.4 is 0 Å². The first-order valence-corrected chi connectivity index (χ1v) is 15.7. The highest BCUT2D eigenvalue weighted by atomic mass is 16.4. The lowest BCUT2D eigenvalue weighted by molar-refractivity contribution is -0.140. The molecule has 36 heavy (non-hydrogen) atoms. The minimum Gasteiger partial charge on any atom is -0.481 e. The molecule has 0 heterocycles. The van der Waals surface area contributed by atoms with Crippen LogP contribution in [0.3, 0.4) is 0 Å². The van der Waals surface area contributed by atoms with E-state index in [1.165, 1.54) is 89.9 Å². The largest absolute Gasteiger partial charge is 0.481 e. The van der Waals surface area contributed by atoms with Gasteiger partial charge in [0.25, 0.3) is 0 Å². The van der Waals surface area contributed by atoms with Crippen LogP contribution in [0.4, 0.5) is 0 Å². The highest BCUT2D eigenvalue weighted by Crippen LogP contribution is 2.47. The van der Waals surface area contributed by atoms with E-state index in [2.05, 4.69) is 34.6 Å². The number of hydrogen-bond donors (Lipinski definition) is 2. The van der Waals surface area contributed by atoms with E-state index in [0.717, 1.165) is 32.1 Å². The van der Waals surface area contributed by atoms with Crippen LogP contribution >= 0.6 is 0 Å². The second kappa shape index (κ2) is 22.0. The van der Waals surface area contributed by atoms with Gasteiger partial charge in [-0.25, -0.2) is 0 Å². The smallest absolute Gasteiger partial charge is 0.303 e. The van der Waals surface area contributed by atoms with Gasteiger partial charge in [-0.05, 0) is 48.9 Å². The van der Waals surface area contributed by atoms with Gasteiger partial charge in [0, 0.05) is 12.8 Å². The van der Waals surface area contributed by atoms with E-state index in [1.54, 1.807) is 0 Å². The number of carboxylic acids is 2. The average Bonchev–Trinajstić information content (AvgIpc) is 2.84. The third-order valence-electron chi connectivity index (χ3n) is 8.70. The molecule has 0 saturated carbocycles. The van der Waals surface area contributed by atoms with E-state index in [4.69, 9.17) is 5.11 Å². The summed E-state index contributed by atoms with van der Waals surface area (Å²) < 4.78 is 0. The molecule has 0 radical (unpaired) electrons. The van der Waals surface area contributed by atoms with Gasteiger partial charge in [0.2, 0.25) is 0 Å². The Morgan fingerprint density at radius 3 is 1.44 bits per heavy atom. The minimum absolute atomic E-state index is 0.103. The van der Waals surface area contributed by atoms with E-state index in [-0.39, 0.29) is 11.3 Å². The Morgan fingerprint density at radius 1 is 0.611 bits per heavy atom. The molecule has 0 aliphatic carbocycles. The molecule has 0 bridgehead atoms. The molecular formula is C32H62O4. The standard InChI is InChI=1S/C32H62O4/c1-6-10-20-27(8-3)25-32(5,26-28(9-4)21-11-7-2)29(24-31(35)36)22-18-16-14-12-13-15-17-19-23-30(33)34/h27-29H,6-26H2,1-5H3,(H,33,34)(H,35,36). The van der Waals surface area contributed by atoms with Crippen molar-refractivity contribution in [1.29, 1.82) is 0 Å². The first-order chi connectivity index (χ1) is 17.2. The number of carboxylic acid groups (broad SMARTS) is 2. The average molecular weight is 511 g/mol. The van der Waals surface area contributed by atoms with Crippen molar-refractivity contribution in [3.05, 3.63) is 0 Å². The molecule has 0 aliphatic heterocycles. The van der Waals surface area contributed by atoms with Crippen molar-refractivity contribution < 1.29 is 19.8 Å². The van der Waals surface area contributed by atoms with Crippen molar-refractivity contribution in [2.45, 2.75) is 169 Å². The maximum absolute atomic E-state index is 12.0. The maximum Gasteiger partial charge on any atom is 0.303 e. The third kappa shape index (κ3) is 17.4. The zero-order chi connectivity index (χ0) is 27.2. The van der Waals surface area contributed by atoms with Crippen LogP contribution in [0.25, 0.3) is 0 Å². The first-order valence-electron chi connectivity index (χ1n) is 15.7. The lowest BCUT2D eigenvalue weighted by atomic mass is 9.62. The molecule has 0 aromatic heterocycles. The Bertz CT molecular complexity index is 526. The zero-order valence-corrected chi connectivity index (χ0v) is 24.8. The molecule has 3 atom stereocenters. The SMILES string of the molecule is CCCCC(CC)CC(C)(CC(CC)CCCC)C(CCCCCCCCCCC(=O)O)CC(=O)O. The number of hydrogen-bond acceptors (Lipinski definition) is 2. The minimum atomic E-state index is -0.691. The summed E-state index contributed by atoms with van der Waals surface area (Å²) in [5.41, 5.74) is 0.103. The van der Waals surface area contributed by atoms with E-state index in [0.29, 0.717) is 24.7 Å². The summed E-state index contributed by atoms with van der Waals surface area (Å²) in [7, 11) is 0. The fourth-order valence-corrected chi connectivity index (χ4v) is 6.26. The summed E-state index contributed by atoms with van der Waals surface area (Å²) in [4.78, 5) is 22.6. The summed E-state index contributed by atoms with van der Waals surface area (Å²) in [6.45, 7) is 11.6. The van der Waals surface area contributed by atoms with Gasteiger partial charge < -0.3 is 10.2 Å². The molecule has 0 rings (SSSR count). The van der Waals surface area contributed by atoms with Gasteiger partial charge in [-0.3, -0.25) is 9.59 Å². The maximum atomic E-state index is 12.0. The molecule has 3 unspecified atom stereocenters. The second-order valence-electron chi connectivity index (χ2n) is 12.0. The quantitative estimate of drug-likeness (QED) is 0.113. The van der Waals surface area contributed by atoms with Gasteiger partial charge in [0.15, 0.2) is 0 Å². The van der Waals surface area contributed by atoms with Crippen molar-refractivity contribution in [2.75, 3.05) is 0 Å². The molecule has 0 aromatic rings. The predicted molar refractivity (Wildman–Crippen MR) is 154 cm³/mol. The van der Waals surface area contributed by atoms with Crippen molar-refractivity contribution in [1.82, 2.24) is 0 Å². The second-order valence-corrected chi connectivity index (χ2v) is 12.0. The molecule has 0 aromatic carbocycles. The van der Waals surface area contributed by atoms with Crippen LogP contribution in [-0.4, -0.2) is 22.2 Å². The molecule has 0 amide bonds. The Hall–Kier alpha value is -1.06. The van der Waals surface area contributed by atoms with Crippen molar-refractivity contribution in [3.63, 3.8) is 0 Å². The van der Waals surface area contributed by atoms with E-state index in [9.17, 15) is 14.7 Å². The fourth-order valence-electron chi connectivity index (χ4n) is 6.26. The van der Waals surface area contributed by atoms with E-state index >= 15 is 0 Å². The number of unbranched alkanes of at least 4 members (excludes halogenated alkanes) is 9. The topological polar surface area (TPSA) is 74.6 Å². The molecule has 0 spiro atoms. The highest BCUT2D eigenvalue weighted by molar-refractivity contribution is 5.67. The van der Waals surface area contributed by atoms with Crippen molar-refractivity contribution in [3.8, 4) is 0 Å². The van der Waals surface area contributed by atoms with Crippen LogP contribution in [0.2, 0.25) is 0 Å². The Balaban J connectivity index is 5.08. The molecule has 214 valence electrons. The summed E-state index contributed by atoms with van der Waals surface area (Å²) in [6, 6.07) is 0. The van der Waals surface area contributed by atoms with Crippen molar-refractivity contribution in [2.24, 2.45) is 23.2 Å². The third-order valence-corrected chi connectivity index (χ3v) is 8.70. The van der Waals surface area contributed by atoms with Crippen LogP contribution in [0.15, 0.2) is 0 Å². The Kier molecular flexibility index (Phi) is 21.3. The van der Waals surface area contributed by atoms with E-state index in [1.807, 2.05) is 0 Å². The molecular weight excluding hydrogens is 448 g/mol. The summed E-state index contributed by atoms with van der Waals surface area (Å²) in [6.07, 6.45) is 22.8. The lowest BCUT2D eigenvalue weighted by Gasteiger charge is -2.42. The molecule has 4 heteroatoms. The number of aliphatic carboxylic acids is 2. The first kappa shape index (κ1) is 34.9. The normalized spacial score (nSPS) is 15.8.